The first kappa shape index (κ1) is 10.8. The molecule has 1 nitrogen and oxygen atoms in total. The third kappa shape index (κ3) is 1.66. The smallest absolute Gasteiger partial charge is 0.195 e. The van der Waals surface area contributed by atoms with E-state index >= 15 is 0 Å². The highest BCUT2D eigenvalue weighted by Gasteiger charge is 2.48. The van der Waals surface area contributed by atoms with Crippen LogP contribution in [0.3, 0.4) is 0 Å². The van der Waals surface area contributed by atoms with Gasteiger partial charge in [-0.3, -0.25) is 4.79 Å². The molecule has 1 aromatic carbocycles. The second kappa shape index (κ2) is 3.59. The van der Waals surface area contributed by atoms with Gasteiger partial charge in [-0.15, -0.1) is 0 Å². The molecule has 17 heavy (non-hydrogen) atoms. The standard InChI is InChI=1S/C13H11F3O/c14-10-2-1-9(11(15)12(10)16)13(17)8-4-6-3-7(6)5-8/h1-2,6-8H,3-5H2. The van der Waals surface area contributed by atoms with Crippen LogP contribution in [-0.4, -0.2) is 5.78 Å². The number of halogens is 3. The number of carbonyl (C=O) groups excluding carboxylic acids is 1. The Morgan fingerprint density at radius 3 is 2.29 bits per heavy atom. The second-order valence-corrected chi connectivity index (χ2v) is 5.01. The number of Topliss-reactive ketones (excluding diaryl/α,β-unsaturated/α-hetero) is 1. The lowest BCUT2D eigenvalue weighted by atomic mass is 9.93. The van der Waals surface area contributed by atoms with Crippen molar-refractivity contribution in [3.63, 3.8) is 0 Å². The first-order valence-electron chi connectivity index (χ1n) is 5.75. The van der Waals surface area contributed by atoms with Gasteiger partial charge in [0.2, 0.25) is 0 Å². The van der Waals surface area contributed by atoms with Gasteiger partial charge >= 0.3 is 0 Å². The topological polar surface area (TPSA) is 17.1 Å². The van der Waals surface area contributed by atoms with Gasteiger partial charge in [-0.1, -0.05) is 0 Å². The van der Waals surface area contributed by atoms with Crippen LogP contribution >= 0.6 is 0 Å². The Labute approximate surface area is 96.6 Å². The number of fused-ring (bicyclic) bond motifs is 1. The zero-order valence-electron chi connectivity index (χ0n) is 9.05. The van der Waals surface area contributed by atoms with Crippen molar-refractivity contribution in [3.05, 3.63) is 35.1 Å². The Morgan fingerprint density at radius 1 is 1.00 bits per heavy atom. The normalized spacial score (nSPS) is 30.2. The molecule has 0 bridgehead atoms. The van der Waals surface area contributed by atoms with E-state index < -0.39 is 17.5 Å². The van der Waals surface area contributed by atoms with Crippen molar-refractivity contribution in [2.45, 2.75) is 19.3 Å². The fourth-order valence-corrected chi connectivity index (χ4v) is 2.86. The van der Waals surface area contributed by atoms with E-state index in [2.05, 4.69) is 0 Å². The maximum absolute atomic E-state index is 13.4. The fourth-order valence-electron chi connectivity index (χ4n) is 2.86. The zero-order chi connectivity index (χ0) is 12.2. The van der Waals surface area contributed by atoms with E-state index in [0.717, 1.165) is 31.4 Å². The van der Waals surface area contributed by atoms with Gasteiger partial charge < -0.3 is 0 Å². The van der Waals surface area contributed by atoms with Crippen molar-refractivity contribution in [1.29, 1.82) is 0 Å². The predicted molar refractivity (Wildman–Crippen MR) is 55.0 cm³/mol. The van der Waals surface area contributed by atoms with Crippen LogP contribution in [0.15, 0.2) is 12.1 Å². The minimum absolute atomic E-state index is 0.210. The molecule has 2 aliphatic carbocycles. The average molecular weight is 240 g/mol. The van der Waals surface area contributed by atoms with Gasteiger partial charge in [0.25, 0.3) is 0 Å². The molecular weight excluding hydrogens is 229 g/mol. The molecule has 0 aromatic heterocycles. The van der Waals surface area contributed by atoms with Gasteiger partial charge in [0.1, 0.15) is 0 Å². The van der Waals surface area contributed by atoms with Crippen molar-refractivity contribution < 1.29 is 18.0 Å². The quantitative estimate of drug-likeness (QED) is 0.572. The zero-order valence-corrected chi connectivity index (χ0v) is 9.05. The van der Waals surface area contributed by atoms with Crippen molar-refractivity contribution in [1.82, 2.24) is 0 Å². The van der Waals surface area contributed by atoms with E-state index in [1.165, 1.54) is 0 Å². The van der Waals surface area contributed by atoms with E-state index in [0.29, 0.717) is 11.8 Å². The van der Waals surface area contributed by atoms with Crippen molar-refractivity contribution >= 4 is 5.78 Å². The average Bonchev–Trinajstić information content (AvgIpc) is 2.93. The largest absolute Gasteiger partial charge is 0.294 e. The van der Waals surface area contributed by atoms with Crippen LogP contribution in [0.4, 0.5) is 13.2 Å². The van der Waals surface area contributed by atoms with Gasteiger partial charge in [0.05, 0.1) is 5.56 Å². The van der Waals surface area contributed by atoms with Gasteiger partial charge in [-0.25, -0.2) is 13.2 Å². The minimum atomic E-state index is -1.56. The molecular formula is C13H11F3O. The van der Waals surface area contributed by atoms with E-state index in [1.807, 2.05) is 0 Å². The van der Waals surface area contributed by atoms with E-state index in [4.69, 9.17) is 0 Å². The lowest BCUT2D eigenvalue weighted by molar-refractivity contribution is 0.0909. The number of rotatable bonds is 2. The van der Waals surface area contributed by atoms with E-state index in [-0.39, 0.29) is 17.3 Å². The molecule has 0 saturated heterocycles. The predicted octanol–water partition coefficient (Wildman–Crippen LogP) is 3.33. The summed E-state index contributed by atoms with van der Waals surface area (Å²) in [4.78, 5) is 12.0. The summed E-state index contributed by atoms with van der Waals surface area (Å²) in [7, 11) is 0. The summed E-state index contributed by atoms with van der Waals surface area (Å²) in [6, 6.07) is 1.85. The van der Waals surface area contributed by atoms with Gasteiger partial charge in [0.15, 0.2) is 23.2 Å². The molecule has 2 saturated carbocycles. The molecule has 0 aliphatic heterocycles. The Kier molecular flexibility index (Phi) is 2.28. The highest BCUT2D eigenvalue weighted by atomic mass is 19.2. The molecule has 1 aromatic rings. The van der Waals surface area contributed by atoms with Crippen LogP contribution in [0.1, 0.15) is 29.6 Å². The minimum Gasteiger partial charge on any atom is -0.294 e. The molecule has 2 aliphatic rings. The summed E-state index contributed by atoms with van der Waals surface area (Å²) in [6.07, 6.45) is 2.69. The Morgan fingerprint density at radius 2 is 1.65 bits per heavy atom. The highest BCUT2D eigenvalue weighted by Crippen LogP contribution is 2.55. The molecule has 0 heterocycles. The Balaban J connectivity index is 1.88. The lowest BCUT2D eigenvalue weighted by Crippen LogP contribution is -2.15. The first-order valence-corrected chi connectivity index (χ1v) is 5.75. The third-order valence-corrected chi connectivity index (χ3v) is 3.92. The SMILES string of the molecule is O=C(c1ccc(F)c(F)c1F)C1CC2CC2C1. The van der Waals surface area contributed by atoms with Crippen LogP contribution in [0.25, 0.3) is 0 Å². The van der Waals surface area contributed by atoms with E-state index in [9.17, 15) is 18.0 Å². The number of carbonyl (C=O) groups is 1. The lowest BCUT2D eigenvalue weighted by Gasteiger charge is -2.11. The summed E-state index contributed by atoms with van der Waals surface area (Å²) >= 11 is 0. The maximum atomic E-state index is 13.4. The molecule has 2 unspecified atom stereocenters. The maximum Gasteiger partial charge on any atom is 0.195 e. The molecule has 2 atom stereocenters. The molecule has 0 radical (unpaired) electrons. The Hall–Kier alpha value is -1.32. The Bertz CT molecular complexity index is 488. The van der Waals surface area contributed by atoms with E-state index in [1.54, 1.807) is 0 Å². The second-order valence-electron chi connectivity index (χ2n) is 5.01. The van der Waals surface area contributed by atoms with Crippen LogP contribution in [0.5, 0.6) is 0 Å². The molecule has 0 spiro atoms. The number of ketones is 1. The number of hydrogen-bond acceptors (Lipinski definition) is 1. The number of hydrogen-bond donors (Lipinski definition) is 0. The van der Waals surface area contributed by atoms with Gasteiger partial charge in [-0.2, -0.15) is 0 Å². The summed E-state index contributed by atoms with van der Waals surface area (Å²) in [5, 5.41) is 0. The van der Waals surface area contributed by atoms with Crippen LogP contribution in [0.2, 0.25) is 0 Å². The van der Waals surface area contributed by atoms with Crippen LogP contribution in [0, 0.1) is 35.2 Å². The molecule has 0 N–H and O–H groups in total. The van der Waals surface area contributed by atoms with Gasteiger partial charge in [0, 0.05) is 5.92 Å². The number of benzene rings is 1. The molecule has 3 rings (SSSR count). The van der Waals surface area contributed by atoms with Crippen molar-refractivity contribution in [2.24, 2.45) is 17.8 Å². The molecule has 2 fully saturated rings. The first-order chi connectivity index (χ1) is 8.08. The molecule has 4 heteroatoms. The third-order valence-electron chi connectivity index (χ3n) is 3.92. The highest BCUT2D eigenvalue weighted by molar-refractivity contribution is 5.98. The van der Waals surface area contributed by atoms with Crippen LogP contribution < -0.4 is 0 Å². The summed E-state index contributed by atoms with van der Waals surface area (Å²) in [5.74, 6) is -3.57. The molecule has 0 amide bonds. The van der Waals surface area contributed by atoms with Gasteiger partial charge in [-0.05, 0) is 43.2 Å². The summed E-state index contributed by atoms with van der Waals surface area (Å²) in [5.41, 5.74) is -0.310. The fraction of sp³-hybridized carbons (Fsp3) is 0.462. The molecule has 90 valence electrons. The monoisotopic (exact) mass is 240 g/mol. The van der Waals surface area contributed by atoms with Crippen molar-refractivity contribution in [3.8, 4) is 0 Å². The van der Waals surface area contributed by atoms with Crippen molar-refractivity contribution in [2.75, 3.05) is 0 Å². The summed E-state index contributed by atoms with van der Waals surface area (Å²) < 4.78 is 39.2. The summed E-state index contributed by atoms with van der Waals surface area (Å²) in [6.45, 7) is 0. The van der Waals surface area contributed by atoms with Crippen LogP contribution in [-0.2, 0) is 0 Å².